The molecule has 2 aliphatic rings. The van der Waals surface area contributed by atoms with Gasteiger partial charge in [0.15, 0.2) is 0 Å². The fourth-order valence-electron chi connectivity index (χ4n) is 3.56. The summed E-state index contributed by atoms with van der Waals surface area (Å²) in [5.41, 5.74) is 3.69. The largest absolute Gasteiger partial charge is 0.291 e. The molecule has 1 atom stereocenters. The number of hydrogen-bond donors (Lipinski definition) is 1. The van der Waals surface area contributed by atoms with Gasteiger partial charge < -0.3 is 0 Å². The van der Waals surface area contributed by atoms with Crippen molar-refractivity contribution in [3.05, 3.63) is 82.4 Å². The van der Waals surface area contributed by atoms with E-state index in [-0.39, 0.29) is 17.3 Å². The Bertz CT molecular complexity index is 932. The van der Waals surface area contributed by atoms with Crippen molar-refractivity contribution in [2.24, 2.45) is 5.10 Å². The Hall–Kier alpha value is -2.72. The van der Waals surface area contributed by atoms with E-state index in [4.69, 9.17) is 11.6 Å². The molecule has 1 unspecified atom stereocenters. The fourth-order valence-corrected chi connectivity index (χ4v) is 3.68. The molecular formula is C21H17ClN2O2. The zero-order chi connectivity index (χ0) is 18.1. The summed E-state index contributed by atoms with van der Waals surface area (Å²) in [6.07, 6.45) is 4.50. The van der Waals surface area contributed by atoms with E-state index >= 15 is 0 Å². The lowest BCUT2D eigenvalue weighted by atomic mass is 9.77. The number of nitrogens with zero attached hydrogens (tertiary/aromatic N) is 1. The Morgan fingerprint density at radius 1 is 1.08 bits per heavy atom. The topological polar surface area (TPSA) is 58.5 Å². The van der Waals surface area contributed by atoms with Crippen molar-refractivity contribution in [1.29, 1.82) is 0 Å². The van der Waals surface area contributed by atoms with Gasteiger partial charge in [0, 0.05) is 16.1 Å². The molecule has 0 aromatic heterocycles. The number of halogens is 1. The molecule has 1 N–H and O–H groups in total. The highest BCUT2D eigenvalue weighted by Crippen LogP contribution is 2.35. The monoisotopic (exact) mass is 364 g/mol. The number of allylic oxidation sites excluding steroid dienone is 1. The van der Waals surface area contributed by atoms with E-state index in [1.807, 2.05) is 12.1 Å². The number of hydrogen-bond acceptors (Lipinski definition) is 4. The van der Waals surface area contributed by atoms with Crippen LogP contribution in [0.1, 0.15) is 35.2 Å². The van der Waals surface area contributed by atoms with Gasteiger partial charge in [-0.1, -0.05) is 60.1 Å². The summed E-state index contributed by atoms with van der Waals surface area (Å²) < 4.78 is 0. The summed E-state index contributed by atoms with van der Waals surface area (Å²) in [7, 11) is 0. The van der Waals surface area contributed by atoms with Crippen LogP contribution in [0.5, 0.6) is 0 Å². The lowest BCUT2D eigenvalue weighted by molar-refractivity contribution is -0.115. The summed E-state index contributed by atoms with van der Waals surface area (Å²) in [6, 6.07) is 15.8. The van der Waals surface area contributed by atoms with Gasteiger partial charge in [0.2, 0.25) is 17.1 Å². The van der Waals surface area contributed by atoms with Crippen LogP contribution in [0.15, 0.2) is 71.3 Å². The first-order valence-corrected chi connectivity index (χ1v) is 8.95. The minimum absolute atomic E-state index is 0.260. The normalized spacial score (nSPS) is 22.0. The zero-order valence-corrected chi connectivity index (χ0v) is 14.8. The molecule has 0 amide bonds. The predicted octanol–water partition coefficient (Wildman–Crippen LogP) is 3.95. The van der Waals surface area contributed by atoms with Crippen LogP contribution >= 0.6 is 11.6 Å². The van der Waals surface area contributed by atoms with Crippen LogP contribution < -0.4 is 5.43 Å². The van der Waals surface area contributed by atoms with Gasteiger partial charge in [-0.2, -0.15) is 5.10 Å². The summed E-state index contributed by atoms with van der Waals surface area (Å²) in [5.74, 6) is -0.564. The maximum atomic E-state index is 13.4. The molecule has 130 valence electrons. The third-order valence-electron chi connectivity index (χ3n) is 4.91. The summed E-state index contributed by atoms with van der Waals surface area (Å²) in [5, 5.41) is 4.86. The number of hydrazone groups is 1. The molecule has 4 nitrogen and oxygen atoms in total. The molecule has 0 radical (unpaired) electrons. The lowest BCUT2D eigenvalue weighted by Gasteiger charge is -2.27. The molecule has 1 aliphatic carbocycles. The molecule has 0 bridgehead atoms. The number of rotatable bonds is 4. The number of Topliss-reactive ketones (excluding diaryl/α,β-unsaturated/α-hetero) is 2. The molecule has 0 fully saturated rings. The Labute approximate surface area is 156 Å². The van der Waals surface area contributed by atoms with Crippen molar-refractivity contribution in [2.45, 2.75) is 24.8 Å². The first-order chi connectivity index (χ1) is 12.6. The molecule has 26 heavy (non-hydrogen) atoms. The van der Waals surface area contributed by atoms with Crippen molar-refractivity contribution in [3.63, 3.8) is 0 Å². The molecule has 2 aromatic rings. The first kappa shape index (κ1) is 16.7. The van der Waals surface area contributed by atoms with E-state index in [1.165, 1.54) is 0 Å². The smallest absolute Gasteiger partial charge is 0.222 e. The second-order valence-corrected chi connectivity index (χ2v) is 6.91. The Kier molecular flexibility index (Phi) is 4.21. The Morgan fingerprint density at radius 2 is 1.81 bits per heavy atom. The van der Waals surface area contributed by atoms with E-state index in [1.54, 1.807) is 48.5 Å². The number of carbonyl (C=O) groups excluding carboxylic acids is 2. The third-order valence-corrected chi connectivity index (χ3v) is 5.16. The molecule has 5 heteroatoms. The summed E-state index contributed by atoms with van der Waals surface area (Å²) in [6.45, 7) is 0. The number of carbonyl (C=O) groups is 2. The van der Waals surface area contributed by atoms with Crippen LogP contribution in [-0.2, 0) is 4.79 Å². The molecule has 0 saturated heterocycles. The molecule has 4 rings (SSSR count). The maximum absolute atomic E-state index is 13.4. The molecular weight excluding hydrogens is 348 g/mol. The van der Waals surface area contributed by atoms with Crippen LogP contribution in [0.4, 0.5) is 0 Å². The third kappa shape index (κ3) is 2.58. The fraction of sp³-hybridized carbons (Fsp3) is 0.190. The van der Waals surface area contributed by atoms with Gasteiger partial charge in [0.1, 0.15) is 5.71 Å². The van der Waals surface area contributed by atoms with Crippen LogP contribution in [0.25, 0.3) is 0 Å². The van der Waals surface area contributed by atoms with Gasteiger partial charge >= 0.3 is 0 Å². The second-order valence-electron chi connectivity index (χ2n) is 6.47. The lowest BCUT2D eigenvalue weighted by Crippen LogP contribution is -2.55. The van der Waals surface area contributed by atoms with E-state index in [2.05, 4.69) is 10.5 Å². The van der Waals surface area contributed by atoms with Gasteiger partial charge in [-0.25, -0.2) is 0 Å². The summed E-state index contributed by atoms with van der Waals surface area (Å²) in [4.78, 5) is 26.8. The molecule has 1 aliphatic heterocycles. The maximum Gasteiger partial charge on any atom is 0.222 e. The molecule has 2 aromatic carbocycles. The van der Waals surface area contributed by atoms with E-state index in [0.717, 1.165) is 18.4 Å². The van der Waals surface area contributed by atoms with Crippen molar-refractivity contribution < 1.29 is 9.59 Å². The Morgan fingerprint density at radius 3 is 2.46 bits per heavy atom. The quantitative estimate of drug-likeness (QED) is 0.507. The number of nitrogens with one attached hydrogen (secondary N) is 1. The average molecular weight is 365 g/mol. The van der Waals surface area contributed by atoms with Gasteiger partial charge in [0.25, 0.3) is 0 Å². The zero-order valence-electron chi connectivity index (χ0n) is 14.0. The minimum atomic E-state index is -1.44. The highest BCUT2D eigenvalue weighted by atomic mass is 35.5. The van der Waals surface area contributed by atoms with E-state index in [0.29, 0.717) is 22.6 Å². The van der Waals surface area contributed by atoms with Gasteiger partial charge in [0.05, 0.1) is 0 Å². The minimum Gasteiger partial charge on any atom is -0.291 e. The molecule has 1 heterocycles. The van der Waals surface area contributed by atoms with Crippen molar-refractivity contribution in [1.82, 2.24) is 5.43 Å². The molecule has 0 spiro atoms. The number of benzene rings is 2. The van der Waals surface area contributed by atoms with Crippen LogP contribution in [-0.4, -0.2) is 22.8 Å². The Balaban J connectivity index is 1.78. The van der Waals surface area contributed by atoms with Crippen molar-refractivity contribution in [3.8, 4) is 0 Å². The average Bonchev–Trinajstić information content (AvgIpc) is 3.32. The number of ketones is 2. The standard InChI is InChI=1S/C21H17ClN2O2/c22-17-12-10-14(11-13-17)18-20(26)21(24-23-18,16-8-4-5-9-16)19(25)15-6-2-1-3-7-15/h1-3,6-8,10-13,24H,4-5,9H2. The second kappa shape index (κ2) is 6.54. The van der Waals surface area contributed by atoms with Gasteiger partial charge in [-0.3, -0.25) is 15.0 Å². The highest BCUT2D eigenvalue weighted by molar-refractivity contribution is 6.55. The van der Waals surface area contributed by atoms with Crippen molar-refractivity contribution >= 4 is 28.9 Å². The summed E-state index contributed by atoms with van der Waals surface area (Å²) >= 11 is 5.94. The van der Waals surface area contributed by atoms with Gasteiger partial charge in [-0.15, -0.1) is 0 Å². The molecule has 0 saturated carbocycles. The SMILES string of the molecule is O=C1C(c2ccc(Cl)cc2)=NNC1(C(=O)c1ccccc1)C1=CCCC1. The first-order valence-electron chi connectivity index (χ1n) is 8.58. The van der Waals surface area contributed by atoms with E-state index in [9.17, 15) is 9.59 Å². The highest BCUT2D eigenvalue weighted by Gasteiger charge is 2.54. The van der Waals surface area contributed by atoms with E-state index < -0.39 is 5.54 Å². The predicted molar refractivity (Wildman–Crippen MR) is 102 cm³/mol. The van der Waals surface area contributed by atoms with Crippen LogP contribution in [0.2, 0.25) is 5.02 Å². The van der Waals surface area contributed by atoms with Crippen LogP contribution in [0.3, 0.4) is 0 Å². The van der Waals surface area contributed by atoms with Crippen LogP contribution in [0, 0.1) is 0 Å². The van der Waals surface area contributed by atoms with Gasteiger partial charge in [-0.05, 0) is 37.0 Å². The van der Waals surface area contributed by atoms with Crippen molar-refractivity contribution in [2.75, 3.05) is 0 Å².